The maximum Gasteiger partial charge on any atom is 0.0639 e. The van der Waals surface area contributed by atoms with Crippen LogP contribution in [0.4, 0.5) is 0 Å². The molecule has 2 aromatic heterocycles. The monoisotopic (exact) mass is 686 g/mol. The van der Waals surface area contributed by atoms with Gasteiger partial charge in [0.15, 0.2) is 0 Å². The molecule has 1 aliphatic rings. The van der Waals surface area contributed by atoms with Gasteiger partial charge in [0.2, 0.25) is 0 Å². The molecule has 0 spiro atoms. The van der Waals surface area contributed by atoms with Crippen molar-refractivity contribution in [3.63, 3.8) is 0 Å². The van der Waals surface area contributed by atoms with Crippen molar-refractivity contribution in [2.45, 2.75) is 40.5 Å². The van der Waals surface area contributed by atoms with Crippen LogP contribution in [-0.2, 0) is 65.7 Å². The molecule has 5 aromatic rings. The van der Waals surface area contributed by atoms with Gasteiger partial charge in [0.05, 0.1) is 11.3 Å². The van der Waals surface area contributed by atoms with E-state index in [1.54, 1.807) is 0 Å². The smallest absolute Gasteiger partial charge is 0.0639 e. The number of pyridine rings is 1. The summed E-state index contributed by atoms with van der Waals surface area (Å²) in [6.45, 7) is 9.13. The van der Waals surface area contributed by atoms with E-state index in [1.165, 1.54) is 49.8 Å². The molecule has 0 amide bonds. The molecule has 3 aromatic carbocycles. The van der Waals surface area contributed by atoms with Gasteiger partial charge >= 0.3 is 0 Å². The Morgan fingerprint density at radius 3 is 2.30 bits per heavy atom. The Bertz CT molecular complexity index is 1480. The van der Waals surface area contributed by atoms with Gasteiger partial charge in [-0.3, -0.25) is 4.98 Å². The number of benzene rings is 3. The Labute approximate surface area is 235 Å². The molecule has 1 aliphatic carbocycles. The van der Waals surface area contributed by atoms with Gasteiger partial charge in [-0.05, 0) is 65.8 Å². The zero-order valence-electron chi connectivity index (χ0n) is 19.9. The number of imidazole rings is 1. The quantitative estimate of drug-likeness (QED) is 0.134. The molecular weight excluding hydrogens is 657 g/mol. The van der Waals surface area contributed by atoms with Crippen molar-refractivity contribution in [3.8, 4) is 11.3 Å². The van der Waals surface area contributed by atoms with Crippen molar-refractivity contribution >= 4 is 27.3 Å². The van der Waals surface area contributed by atoms with Crippen molar-refractivity contribution in [1.82, 2.24) is 9.38 Å². The second-order valence-electron chi connectivity index (χ2n) is 9.68. The maximum absolute atomic E-state index is 4.91. The van der Waals surface area contributed by atoms with Crippen LogP contribution in [0.2, 0.25) is 0 Å². The Kier molecular flexibility index (Phi) is 7.43. The standard InChI is InChI=1S/C28H25N2.CH3.Ir.Y/c1-17-8-7-9-18(2)26(17)25-16-29-27-22-11-6-5-10-21(22)23-12-19-14-28(3,4)15-20(19)13-24(23)30(25)27;;;/h5-10,12-13,16H,14-15H2,1-4H3;1H3;;/q2*-1;;. The average Bonchev–Trinajstić information content (AvgIpc) is 3.26. The third-order valence-corrected chi connectivity index (χ3v) is 6.77. The first-order valence-electron chi connectivity index (χ1n) is 10.7. The fourth-order valence-corrected chi connectivity index (χ4v) is 5.51. The van der Waals surface area contributed by atoms with Crippen LogP contribution >= 0.6 is 0 Å². The van der Waals surface area contributed by atoms with E-state index < -0.39 is 0 Å². The summed E-state index contributed by atoms with van der Waals surface area (Å²) in [4.78, 5) is 4.91. The van der Waals surface area contributed by atoms with Crippen molar-refractivity contribution < 1.29 is 52.8 Å². The van der Waals surface area contributed by atoms with Gasteiger partial charge in [0.25, 0.3) is 0 Å². The van der Waals surface area contributed by atoms with Crippen LogP contribution in [0.25, 0.3) is 38.6 Å². The van der Waals surface area contributed by atoms with Crippen molar-refractivity contribution in [3.05, 3.63) is 90.5 Å². The molecule has 0 saturated heterocycles. The number of rotatable bonds is 1. The minimum absolute atomic E-state index is 0. The van der Waals surface area contributed by atoms with Crippen LogP contribution in [0.1, 0.15) is 36.1 Å². The molecule has 6 rings (SSSR count). The van der Waals surface area contributed by atoms with Gasteiger partial charge < -0.3 is 11.8 Å². The first kappa shape index (κ1) is 26.2. The van der Waals surface area contributed by atoms with Gasteiger partial charge in [-0.25, -0.2) is 0 Å². The molecule has 0 bridgehead atoms. The second-order valence-corrected chi connectivity index (χ2v) is 9.68. The minimum Gasteiger partial charge on any atom is -0.358 e. The Hall–Kier alpha value is -1.38. The minimum atomic E-state index is 0. The van der Waals surface area contributed by atoms with Crippen molar-refractivity contribution in [2.24, 2.45) is 5.41 Å². The molecule has 0 atom stereocenters. The molecule has 0 N–H and O–H groups in total. The SMILES string of the molecule is Cc1cccc(C)c1-c1cnc2c3[c-]cccc3c3cc4c(cc3n12)CC(C)(C)C4.[CH3-].[Ir].[Y]. The summed E-state index contributed by atoms with van der Waals surface area (Å²) >= 11 is 0. The zero-order valence-corrected chi connectivity index (χ0v) is 25.1. The largest absolute Gasteiger partial charge is 0.358 e. The maximum atomic E-state index is 4.91. The fraction of sp³-hybridized carbons (Fsp3) is 0.241. The van der Waals surface area contributed by atoms with E-state index in [-0.39, 0.29) is 60.2 Å². The van der Waals surface area contributed by atoms with E-state index in [1.807, 2.05) is 12.3 Å². The van der Waals surface area contributed by atoms with E-state index in [4.69, 9.17) is 4.98 Å². The zero-order chi connectivity index (χ0) is 20.6. The van der Waals surface area contributed by atoms with Crippen LogP contribution in [0, 0.1) is 32.8 Å². The molecule has 0 unspecified atom stereocenters. The molecule has 0 aliphatic heterocycles. The number of aromatic nitrogens is 2. The summed E-state index contributed by atoms with van der Waals surface area (Å²) in [5, 5.41) is 3.64. The molecule has 2 radical (unpaired) electrons. The van der Waals surface area contributed by atoms with E-state index in [2.05, 4.69) is 80.6 Å². The number of fused-ring (bicyclic) bond motifs is 7. The number of hydrogen-bond donors (Lipinski definition) is 0. The molecule has 0 saturated carbocycles. The Balaban J connectivity index is 0.00000102. The van der Waals surface area contributed by atoms with Gasteiger partial charge in [0.1, 0.15) is 0 Å². The van der Waals surface area contributed by atoms with Crippen molar-refractivity contribution in [2.75, 3.05) is 0 Å². The predicted octanol–water partition coefficient (Wildman–Crippen LogP) is 7.29. The summed E-state index contributed by atoms with van der Waals surface area (Å²) in [6.07, 6.45) is 4.32. The van der Waals surface area contributed by atoms with Crippen LogP contribution in [0.15, 0.2) is 54.7 Å². The van der Waals surface area contributed by atoms with Crippen molar-refractivity contribution in [1.29, 1.82) is 0 Å². The summed E-state index contributed by atoms with van der Waals surface area (Å²) in [6, 6.07) is 21.2. The van der Waals surface area contributed by atoms with Gasteiger partial charge in [-0.2, -0.15) is 0 Å². The van der Waals surface area contributed by atoms with Gasteiger partial charge in [-0.15, -0.1) is 29.7 Å². The first-order chi connectivity index (χ1) is 14.4. The van der Waals surface area contributed by atoms with Crippen LogP contribution in [-0.4, -0.2) is 9.38 Å². The van der Waals surface area contributed by atoms with E-state index >= 15 is 0 Å². The van der Waals surface area contributed by atoms with E-state index in [0.29, 0.717) is 5.41 Å². The fourth-order valence-electron chi connectivity index (χ4n) is 5.51. The third-order valence-electron chi connectivity index (χ3n) is 6.77. The molecule has 2 nitrogen and oxygen atoms in total. The predicted molar refractivity (Wildman–Crippen MR) is 132 cm³/mol. The van der Waals surface area contributed by atoms with E-state index in [0.717, 1.165) is 23.9 Å². The summed E-state index contributed by atoms with van der Waals surface area (Å²) in [7, 11) is 0. The van der Waals surface area contributed by atoms with Crippen LogP contribution in [0.5, 0.6) is 0 Å². The normalized spacial score (nSPS) is 13.9. The third kappa shape index (κ3) is 4.06. The second kappa shape index (κ2) is 9.35. The topological polar surface area (TPSA) is 17.3 Å². The molecule has 33 heavy (non-hydrogen) atoms. The van der Waals surface area contributed by atoms with Gasteiger partial charge in [0, 0.05) is 70.1 Å². The molecular formula is C29H28IrN2Y-2. The molecule has 2 heterocycles. The summed E-state index contributed by atoms with van der Waals surface area (Å²) < 4.78 is 2.37. The van der Waals surface area contributed by atoms with E-state index in [9.17, 15) is 0 Å². The molecule has 0 fully saturated rings. The number of aryl methyl sites for hydroxylation is 2. The number of nitrogens with zero attached hydrogens (tertiary/aromatic N) is 2. The van der Waals surface area contributed by atoms with Crippen LogP contribution in [0.3, 0.4) is 0 Å². The van der Waals surface area contributed by atoms with Crippen LogP contribution < -0.4 is 0 Å². The summed E-state index contributed by atoms with van der Waals surface area (Å²) in [5.41, 5.74) is 10.6. The Morgan fingerprint density at radius 1 is 0.939 bits per heavy atom. The molecule has 4 heteroatoms. The first-order valence-corrected chi connectivity index (χ1v) is 10.7. The Morgan fingerprint density at radius 2 is 1.61 bits per heavy atom. The van der Waals surface area contributed by atoms with Gasteiger partial charge in [-0.1, -0.05) is 43.5 Å². The average molecular weight is 686 g/mol. The number of hydrogen-bond acceptors (Lipinski definition) is 1. The molecule has 168 valence electrons. The summed E-state index contributed by atoms with van der Waals surface area (Å²) in [5.74, 6) is 0.